The SMILES string of the molecule is O=C(NCC1CCN(C(=O)NCc2ccc(Cl)cc2Cl)CC1)[C]1CCCCCCC1.[CH2].[CH2]. The number of halogens is 2. The van der Waals surface area contributed by atoms with Gasteiger partial charge in [0.2, 0.25) is 5.91 Å². The molecule has 3 rings (SSSR count). The third-order valence-electron chi connectivity index (χ3n) is 6.18. The van der Waals surface area contributed by atoms with Crippen LogP contribution in [0.2, 0.25) is 10.0 Å². The van der Waals surface area contributed by atoms with Crippen LogP contribution < -0.4 is 10.6 Å². The highest BCUT2D eigenvalue weighted by atomic mass is 35.5. The van der Waals surface area contributed by atoms with Gasteiger partial charge in [-0.15, -0.1) is 0 Å². The predicted molar refractivity (Wildman–Crippen MR) is 132 cm³/mol. The minimum atomic E-state index is -0.0754. The monoisotopic (exact) mass is 480 g/mol. The number of carbonyl (C=O) groups is 2. The molecule has 7 heteroatoms. The largest absolute Gasteiger partial charge is 0.355 e. The summed E-state index contributed by atoms with van der Waals surface area (Å²) in [6.45, 7) is 2.50. The minimum Gasteiger partial charge on any atom is -0.355 e. The number of nitrogens with one attached hydrogen (secondary N) is 2. The molecule has 32 heavy (non-hydrogen) atoms. The van der Waals surface area contributed by atoms with Gasteiger partial charge >= 0.3 is 6.03 Å². The molecule has 1 aliphatic carbocycles. The van der Waals surface area contributed by atoms with Gasteiger partial charge in [-0.05, 0) is 49.3 Å². The van der Waals surface area contributed by atoms with Crippen molar-refractivity contribution in [1.82, 2.24) is 15.5 Å². The van der Waals surface area contributed by atoms with E-state index in [0.717, 1.165) is 50.0 Å². The molecule has 0 atom stereocenters. The highest BCUT2D eigenvalue weighted by Crippen LogP contribution is 2.25. The molecule has 1 heterocycles. The minimum absolute atomic E-state index is 0. The maximum atomic E-state index is 12.5. The van der Waals surface area contributed by atoms with Crippen LogP contribution in [-0.2, 0) is 11.3 Å². The number of piperidine rings is 1. The molecule has 0 unspecified atom stereocenters. The average Bonchev–Trinajstić information content (AvgIpc) is 2.71. The fourth-order valence-electron chi connectivity index (χ4n) is 4.21. The van der Waals surface area contributed by atoms with Gasteiger partial charge in [-0.1, -0.05) is 76.2 Å². The molecule has 5 nitrogen and oxygen atoms in total. The van der Waals surface area contributed by atoms with Crippen molar-refractivity contribution >= 4 is 35.1 Å². The number of nitrogens with zero attached hydrogens (tertiary/aromatic N) is 1. The van der Waals surface area contributed by atoms with E-state index < -0.39 is 0 Å². The number of urea groups is 1. The van der Waals surface area contributed by atoms with Gasteiger partial charge in [0.25, 0.3) is 0 Å². The Hall–Kier alpha value is -1.46. The number of amides is 3. The van der Waals surface area contributed by atoms with Gasteiger partial charge in [-0.2, -0.15) is 0 Å². The molecule has 1 aliphatic heterocycles. The lowest BCUT2D eigenvalue weighted by atomic mass is 9.90. The first-order valence-electron chi connectivity index (χ1n) is 11.1. The first kappa shape index (κ1) is 28.6. The van der Waals surface area contributed by atoms with Crippen molar-refractivity contribution in [1.29, 1.82) is 0 Å². The van der Waals surface area contributed by atoms with Gasteiger partial charge in [0.15, 0.2) is 0 Å². The maximum absolute atomic E-state index is 12.5. The molecule has 0 spiro atoms. The molecule has 1 aromatic rings. The van der Waals surface area contributed by atoms with Gasteiger partial charge in [-0.25, -0.2) is 4.79 Å². The maximum Gasteiger partial charge on any atom is 0.317 e. The van der Waals surface area contributed by atoms with E-state index in [0.29, 0.717) is 42.1 Å². The molecule has 2 aliphatic rings. The summed E-state index contributed by atoms with van der Waals surface area (Å²) in [5.74, 6) is 1.65. The van der Waals surface area contributed by atoms with E-state index in [4.69, 9.17) is 23.2 Å². The molecular weight excluding hydrogens is 445 g/mol. The Labute approximate surface area is 204 Å². The van der Waals surface area contributed by atoms with Crippen LogP contribution in [0, 0.1) is 26.7 Å². The molecule has 0 bridgehead atoms. The van der Waals surface area contributed by atoms with Crippen LogP contribution in [0.5, 0.6) is 0 Å². The number of rotatable bonds is 5. The van der Waals surface area contributed by atoms with E-state index in [1.807, 2.05) is 11.0 Å². The second-order valence-electron chi connectivity index (χ2n) is 8.41. The topological polar surface area (TPSA) is 61.4 Å². The van der Waals surface area contributed by atoms with E-state index in [1.54, 1.807) is 12.1 Å². The summed E-state index contributed by atoms with van der Waals surface area (Å²) in [6.07, 6.45) is 9.76. The third kappa shape index (κ3) is 8.82. The van der Waals surface area contributed by atoms with E-state index in [-0.39, 0.29) is 26.8 Å². The van der Waals surface area contributed by atoms with E-state index >= 15 is 0 Å². The predicted octanol–water partition coefficient (Wildman–Crippen LogP) is 6.00. The zero-order valence-corrected chi connectivity index (χ0v) is 20.4. The molecule has 3 amide bonds. The van der Waals surface area contributed by atoms with Crippen LogP contribution in [0.1, 0.15) is 63.4 Å². The van der Waals surface area contributed by atoms with E-state index in [2.05, 4.69) is 10.6 Å². The van der Waals surface area contributed by atoms with Gasteiger partial charge in [0.1, 0.15) is 0 Å². The van der Waals surface area contributed by atoms with Crippen molar-refractivity contribution in [2.24, 2.45) is 5.92 Å². The average molecular weight is 481 g/mol. The van der Waals surface area contributed by atoms with Gasteiger partial charge < -0.3 is 15.5 Å². The zero-order chi connectivity index (χ0) is 21.3. The normalized spacial score (nSPS) is 17.9. The molecule has 1 aromatic carbocycles. The summed E-state index contributed by atoms with van der Waals surface area (Å²) in [7, 11) is 0. The second kappa shape index (κ2) is 14.6. The summed E-state index contributed by atoms with van der Waals surface area (Å²) in [6, 6.07) is 5.20. The van der Waals surface area contributed by atoms with Crippen LogP contribution in [0.25, 0.3) is 0 Å². The Bertz CT molecular complexity index is 713. The van der Waals surface area contributed by atoms with Crippen LogP contribution >= 0.6 is 23.2 Å². The quantitative estimate of drug-likeness (QED) is 0.542. The molecule has 177 valence electrons. The smallest absolute Gasteiger partial charge is 0.317 e. The first-order valence-corrected chi connectivity index (χ1v) is 11.9. The Morgan fingerprint density at radius 1 is 0.938 bits per heavy atom. The Balaban J connectivity index is 0.00000256. The standard InChI is InChI=1S/C23H32Cl2N3O2.2CH2/c24-20-9-8-19(21(25)14-20)16-27-23(30)28-12-10-17(11-13-28)15-26-22(29)18-6-4-2-1-3-5-7-18;;/h8-9,14,17H,1-7,10-13,15-16H2,(H,26,29)(H,27,30);2*1H2. The zero-order valence-electron chi connectivity index (χ0n) is 18.9. The summed E-state index contributed by atoms with van der Waals surface area (Å²) < 4.78 is 0. The molecule has 0 aromatic heterocycles. The van der Waals surface area contributed by atoms with Crippen molar-refractivity contribution in [2.75, 3.05) is 19.6 Å². The van der Waals surface area contributed by atoms with Gasteiger partial charge in [0.05, 0.1) is 5.92 Å². The molecule has 5 radical (unpaired) electrons. The summed E-state index contributed by atoms with van der Waals surface area (Å²) in [5.41, 5.74) is 0.846. The van der Waals surface area contributed by atoms with Crippen molar-refractivity contribution in [2.45, 2.75) is 64.3 Å². The summed E-state index contributed by atoms with van der Waals surface area (Å²) in [4.78, 5) is 26.8. The highest BCUT2D eigenvalue weighted by Gasteiger charge is 2.25. The fraction of sp³-hybridized carbons (Fsp3) is 0.560. The number of hydrogen-bond acceptors (Lipinski definition) is 2. The highest BCUT2D eigenvalue weighted by molar-refractivity contribution is 6.35. The van der Waals surface area contributed by atoms with Crippen molar-refractivity contribution in [3.8, 4) is 0 Å². The van der Waals surface area contributed by atoms with Crippen LogP contribution in [0.15, 0.2) is 18.2 Å². The first-order chi connectivity index (χ1) is 14.5. The molecular formula is C25H36Cl2N3O2. The van der Waals surface area contributed by atoms with Gasteiger partial charge in [0, 0.05) is 36.2 Å². The lowest BCUT2D eigenvalue weighted by Gasteiger charge is -2.32. The van der Waals surface area contributed by atoms with Gasteiger partial charge in [-0.3, -0.25) is 4.79 Å². The van der Waals surface area contributed by atoms with E-state index in [9.17, 15) is 9.59 Å². The number of likely N-dealkylation sites (tertiary alicyclic amines) is 1. The van der Waals surface area contributed by atoms with Crippen LogP contribution in [0.4, 0.5) is 4.79 Å². The number of benzene rings is 1. The Morgan fingerprint density at radius 3 is 2.19 bits per heavy atom. The Morgan fingerprint density at radius 2 is 1.56 bits per heavy atom. The number of hydrogen-bond donors (Lipinski definition) is 2. The lowest BCUT2D eigenvalue weighted by molar-refractivity contribution is -0.120. The lowest BCUT2D eigenvalue weighted by Crippen LogP contribution is -2.46. The third-order valence-corrected chi connectivity index (χ3v) is 6.76. The second-order valence-corrected chi connectivity index (χ2v) is 9.25. The van der Waals surface area contributed by atoms with Crippen molar-refractivity contribution in [3.63, 3.8) is 0 Å². The fourth-order valence-corrected chi connectivity index (χ4v) is 4.68. The molecule has 2 N–H and O–H groups in total. The molecule has 2 fully saturated rings. The van der Waals surface area contributed by atoms with Crippen LogP contribution in [-0.4, -0.2) is 36.5 Å². The van der Waals surface area contributed by atoms with Crippen molar-refractivity contribution < 1.29 is 9.59 Å². The molecule has 1 saturated heterocycles. The Kier molecular flexibility index (Phi) is 13.1. The van der Waals surface area contributed by atoms with E-state index in [1.165, 1.54) is 19.3 Å². The summed E-state index contributed by atoms with van der Waals surface area (Å²) in [5, 5.41) is 7.22. The molecule has 1 saturated carbocycles. The summed E-state index contributed by atoms with van der Waals surface area (Å²) >= 11 is 12.1. The van der Waals surface area contributed by atoms with Crippen LogP contribution in [0.3, 0.4) is 0 Å². The van der Waals surface area contributed by atoms with Crippen molar-refractivity contribution in [3.05, 3.63) is 54.6 Å². The number of carbonyl (C=O) groups excluding carboxylic acids is 2.